The van der Waals surface area contributed by atoms with Gasteiger partial charge in [-0.05, 0) is 61.1 Å². The number of hydrogen-bond acceptors (Lipinski definition) is 5. The Bertz CT molecular complexity index is 1320. The van der Waals surface area contributed by atoms with E-state index < -0.39 is 11.7 Å². The lowest BCUT2D eigenvalue weighted by Crippen LogP contribution is -2.50. The molecule has 0 unspecified atom stereocenters. The first-order valence-corrected chi connectivity index (χ1v) is 11.9. The molecule has 1 saturated heterocycles. The SMILES string of the molecule is O=C(c1cccnc1)N1CCN(C(=O)c2cc(Cc3n[nH]c(=O)c4c3CCCC4)ccc2F)CC1. The van der Waals surface area contributed by atoms with Crippen LogP contribution in [0.1, 0.15) is 55.9 Å². The molecule has 0 radical (unpaired) electrons. The molecule has 180 valence electrons. The number of nitrogens with zero attached hydrogens (tertiary/aromatic N) is 4. The van der Waals surface area contributed by atoms with Crippen molar-refractivity contribution in [2.75, 3.05) is 26.2 Å². The summed E-state index contributed by atoms with van der Waals surface area (Å²) in [5.41, 5.74) is 3.67. The summed E-state index contributed by atoms with van der Waals surface area (Å²) in [6.45, 7) is 1.38. The number of halogens is 1. The van der Waals surface area contributed by atoms with Gasteiger partial charge in [-0.1, -0.05) is 6.07 Å². The monoisotopic (exact) mass is 475 g/mol. The van der Waals surface area contributed by atoms with E-state index in [1.807, 2.05) is 0 Å². The molecule has 3 aromatic rings. The van der Waals surface area contributed by atoms with Crippen molar-refractivity contribution in [1.82, 2.24) is 25.0 Å². The minimum atomic E-state index is -0.580. The van der Waals surface area contributed by atoms with Gasteiger partial charge in [0, 0.05) is 50.6 Å². The maximum Gasteiger partial charge on any atom is 0.267 e. The van der Waals surface area contributed by atoms with Crippen molar-refractivity contribution in [3.05, 3.63) is 92.4 Å². The number of nitrogens with one attached hydrogen (secondary N) is 1. The Morgan fingerprint density at radius 1 is 0.971 bits per heavy atom. The number of fused-ring (bicyclic) bond motifs is 1. The third kappa shape index (κ3) is 4.71. The van der Waals surface area contributed by atoms with Gasteiger partial charge in [-0.25, -0.2) is 9.49 Å². The average molecular weight is 476 g/mol. The molecule has 5 rings (SSSR count). The number of hydrogen-bond donors (Lipinski definition) is 1. The molecule has 0 saturated carbocycles. The molecular weight excluding hydrogens is 449 g/mol. The number of carbonyl (C=O) groups excluding carboxylic acids is 2. The van der Waals surface area contributed by atoms with E-state index in [2.05, 4.69) is 15.2 Å². The van der Waals surface area contributed by atoms with Crippen LogP contribution in [-0.4, -0.2) is 63.0 Å². The molecule has 9 heteroatoms. The smallest absolute Gasteiger partial charge is 0.267 e. The van der Waals surface area contributed by atoms with Gasteiger partial charge >= 0.3 is 0 Å². The molecule has 2 aromatic heterocycles. The average Bonchev–Trinajstić information content (AvgIpc) is 2.91. The van der Waals surface area contributed by atoms with Gasteiger partial charge in [-0.15, -0.1) is 0 Å². The molecule has 1 aliphatic carbocycles. The molecule has 2 amide bonds. The molecule has 1 aromatic carbocycles. The van der Waals surface area contributed by atoms with Crippen LogP contribution in [0.2, 0.25) is 0 Å². The summed E-state index contributed by atoms with van der Waals surface area (Å²) in [6, 6.07) is 7.96. The van der Waals surface area contributed by atoms with Gasteiger partial charge in [-0.2, -0.15) is 5.10 Å². The summed E-state index contributed by atoms with van der Waals surface area (Å²) in [7, 11) is 0. The number of benzene rings is 1. The predicted octanol–water partition coefficient (Wildman–Crippen LogP) is 2.37. The zero-order chi connectivity index (χ0) is 24.4. The Morgan fingerprint density at radius 3 is 2.40 bits per heavy atom. The highest BCUT2D eigenvalue weighted by atomic mass is 19.1. The zero-order valence-electron chi connectivity index (χ0n) is 19.3. The molecule has 1 N–H and O–H groups in total. The third-order valence-electron chi connectivity index (χ3n) is 6.78. The van der Waals surface area contributed by atoms with Crippen molar-refractivity contribution in [2.45, 2.75) is 32.1 Å². The Balaban J connectivity index is 1.29. The van der Waals surface area contributed by atoms with E-state index in [4.69, 9.17) is 0 Å². The number of amides is 2. The number of carbonyl (C=O) groups is 2. The van der Waals surface area contributed by atoms with Crippen LogP contribution in [-0.2, 0) is 19.3 Å². The molecule has 2 aliphatic rings. The minimum Gasteiger partial charge on any atom is -0.335 e. The van der Waals surface area contributed by atoms with E-state index in [1.165, 1.54) is 12.3 Å². The summed E-state index contributed by atoms with van der Waals surface area (Å²) in [5, 5.41) is 6.84. The fourth-order valence-electron chi connectivity index (χ4n) is 4.87. The summed E-state index contributed by atoms with van der Waals surface area (Å²) >= 11 is 0. The fourth-order valence-corrected chi connectivity index (χ4v) is 4.87. The molecule has 0 atom stereocenters. The first kappa shape index (κ1) is 22.9. The second-order valence-corrected chi connectivity index (χ2v) is 8.98. The van der Waals surface area contributed by atoms with Crippen molar-refractivity contribution in [2.24, 2.45) is 0 Å². The van der Waals surface area contributed by atoms with Crippen molar-refractivity contribution in [3.63, 3.8) is 0 Å². The van der Waals surface area contributed by atoms with Crippen LogP contribution in [0.5, 0.6) is 0 Å². The lowest BCUT2D eigenvalue weighted by molar-refractivity contribution is 0.0532. The van der Waals surface area contributed by atoms with E-state index >= 15 is 0 Å². The molecule has 8 nitrogen and oxygen atoms in total. The summed E-state index contributed by atoms with van der Waals surface area (Å²) < 4.78 is 14.7. The lowest BCUT2D eigenvalue weighted by Gasteiger charge is -2.35. The Hall–Kier alpha value is -3.88. The normalized spacial score (nSPS) is 15.6. The highest BCUT2D eigenvalue weighted by molar-refractivity contribution is 5.96. The van der Waals surface area contributed by atoms with Crippen LogP contribution in [0, 0.1) is 5.82 Å². The number of piperazine rings is 1. The molecule has 3 heterocycles. The van der Waals surface area contributed by atoms with E-state index in [0.717, 1.165) is 48.1 Å². The lowest BCUT2D eigenvalue weighted by atomic mass is 9.90. The van der Waals surface area contributed by atoms with E-state index in [1.54, 1.807) is 40.3 Å². The van der Waals surface area contributed by atoms with E-state index in [9.17, 15) is 18.8 Å². The third-order valence-corrected chi connectivity index (χ3v) is 6.78. The quantitative estimate of drug-likeness (QED) is 0.625. The van der Waals surface area contributed by atoms with Crippen LogP contribution in [0.3, 0.4) is 0 Å². The van der Waals surface area contributed by atoms with E-state index in [-0.39, 0.29) is 17.0 Å². The van der Waals surface area contributed by atoms with Gasteiger partial charge in [0.25, 0.3) is 17.4 Å². The van der Waals surface area contributed by atoms with Crippen LogP contribution in [0.4, 0.5) is 4.39 Å². The van der Waals surface area contributed by atoms with Crippen molar-refractivity contribution < 1.29 is 14.0 Å². The van der Waals surface area contributed by atoms with Crippen LogP contribution in [0.25, 0.3) is 0 Å². The maximum absolute atomic E-state index is 14.7. The summed E-state index contributed by atoms with van der Waals surface area (Å²) in [5.74, 6) is -1.10. The second kappa shape index (κ2) is 9.77. The number of aromatic nitrogens is 3. The van der Waals surface area contributed by atoms with Gasteiger partial charge in [0.2, 0.25) is 0 Å². The predicted molar refractivity (Wildman–Crippen MR) is 127 cm³/mol. The summed E-state index contributed by atoms with van der Waals surface area (Å²) in [6.07, 6.45) is 7.07. The molecule has 0 spiro atoms. The molecule has 1 fully saturated rings. The first-order chi connectivity index (χ1) is 17.0. The van der Waals surface area contributed by atoms with Crippen molar-refractivity contribution in [1.29, 1.82) is 0 Å². The van der Waals surface area contributed by atoms with Crippen molar-refractivity contribution in [3.8, 4) is 0 Å². The Labute approximate surface area is 201 Å². The first-order valence-electron chi connectivity index (χ1n) is 11.9. The standard InChI is InChI=1S/C26H26FN5O3/c27-22-8-7-17(15-23-19-5-1-2-6-20(19)24(33)30-29-23)14-21(22)26(35)32-12-10-31(11-13-32)25(34)18-4-3-9-28-16-18/h3-4,7-9,14,16H,1-2,5-6,10-13,15H2,(H,30,33). The maximum atomic E-state index is 14.7. The van der Waals surface area contributed by atoms with Gasteiger partial charge < -0.3 is 9.80 Å². The zero-order valence-corrected chi connectivity index (χ0v) is 19.3. The van der Waals surface area contributed by atoms with Crippen LogP contribution in [0.15, 0.2) is 47.5 Å². The largest absolute Gasteiger partial charge is 0.335 e. The van der Waals surface area contributed by atoms with Crippen LogP contribution < -0.4 is 5.56 Å². The van der Waals surface area contributed by atoms with Gasteiger partial charge in [0.05, 0.1) is 16.8 Å². The highest BCUT2D eigenvalue weighted by Crippen LogP contribution is 2.23. The fraction of sp³-hybridized carbons (Fsp3) is 0.346. The Kier molecular flexibility index (Phi) is 6.39. The number of pyridine rings is 1. The molecular formula is C26H26FN5O3. The molecule has 0 bridgehead atoms. The summed E-state index contributed by atoms with van der Waals surface area (Å²) in [4.78, 5) is 45.2. The number of rotatable bonds is 4. The van der Waals surface area contributed by atoms with Gasteiger partial charge in [0.15, 0.2) is 0 Å². The minimum absolute atomic E-state index is 0.00725. The number of H-pyrrole nitrogens is 1. The topological polar surface area (TPSA) is 99.3 Å². The van der Waals surface area contributed by atoms with Gasteiger partial charge in [-0.3, -0.25) is 19.4 Å². The van der Waals surface area contributed by atoms with Gasteiger partial charge in [0.1, 0.15) is 5.82 Å². The van der Waals surface area contributed by atoms with Crippen molar-refractivity contribution >= 4 is 11.8 Å². The Morgan fingerprint density at radius 2 is 1.69 bits per heavy atom. The van der Waals surface area contributed by atoms with Crippen LogP contribution >= 0.6 is 0 Å². The second-order valence-electron chi connectivity index (χ2n) is 8.98. The number of aromatic amines is 1. The highest BCUT2D eigenvalue weighted by Gasteiger charge is 2.27. The molecule has 35 heavy (non-hydrogen) atoms. The molecule has 1 aliphatic heterocycles. The van der Waals surface area contributed by atoms with E-state index in [0.29, 0.717) is 38.2 Å².